The number of carbonyl (C=O) groups is 1. The zero-order chi connectivity index (χ0) is 11.7. The van der Waals surface area contributed by atoms with Crippen LogP contribution in [0.3, 0.4) is 0 Å². The van der Waals surface area contributed by atoms with Gasteiger partial charge in [0.05, 0.1) is 15.9 Å². The Morgan fingerprint density at radius 3 is 2.81 bits per heavy atom. The molecule has 0 spiro atoms. The minimum Gasteiger partial charge on any atom is -0.291 e. The number of rotatable bonds is 2. The Bertz CT molecular complexity index is 388. The molecule has 0 bridgehead atoms. The number of hydrogen-bond donors (Lipinski definition) is 0. The minimum atomic E-state index is 0.0606. The van der Waals surface area contributed by atoms with Gasteiger partial charge >= 0.3 is 0 Å². The highest BCUT2D eigenvalue weighted by molar-refractivity contribution is 9.10. The molecule has 0 aliphatic carbocycles. The van der Waals surface area contributed by atoms with Crippen LogP contribution in [0.5, 0.6) is 0 Å². The SMILES string of the molecule is CC1SCCSC1C(=O)c1c(Br)cnn1C. The quantitative estimate of drug-likeness (QED) is 0.785. The van der Waals surface area contributed by atoms with E-state index in [-0.39, 0.29) is 11.0 Å². The van der Waals surface area contributed by atoms with Crippen molar-refractivity contribution in [3.63, 3.8) is 0 Å². The highest BCUT2D eigenvalue weighted by atomic mass is 79.9. The van der Waals surface area contributed by atoms with Crippen molar-refractivity contribution < 1.29 is 4.79 Å². The molecule has 0 saturated carbocycles. The van der Waals surface area contributed by atoms with Gasteiger partial charge in [-0.3, -0.25) is 9.48 Å². The molecule has 1 fully saturated rings. The van der Waals surface area contributed by atoms with Crippen LogP contribution in [-0.2, 0) is 7.05 Å². The summed E-state index contributed by atoms with van der Waals surface area (Å²) >= 11 is 7.02. The third-order valence-electron chi connectivity index (χ3n) is 2.57. The van der Waals surface area contributed by atoms with E-state index in [9.17, 15) is 4.79 Å². The maximum atomic E-state index is 12.4. The average molecular weight is 321 g/mol. The van der Waals surface area contributed by atoms with E-state index in [0.717, 1.165) is 16.0 Å². The van der Waals surface area contributed by atoms with Crippen molar-refractivity contribution in [2.75, 3.05) is 11.5 Å². The van der Waals surface area contributed by atoms with Gasteiger partial charge < -0.3 is 0 Å². The van der Waals surface area contributed by atoms with Gasteiger partial charge in [-0.2, -0.15) is 16.9 Å². The summed E-state index contributed by atoms with van der Waals surface area (Å²) in [5.41, 5.74) is 0.687. The van der Waals surface area contributed by atoms with Crippen LogP contribution in [-0.4, -0.2) is 37.6 Å². The molecule has 2 unspecified atom stereocenters. The van der Waals surface area contributed by atoms with E-state index in [1.165, 1.54) is 0 Å². The monoisotopic (exact) mass is 320 g/mol. The Morgan fingerprint density at radius 2 is 2.25 bits per heavy atom. The third kappa shape index (κ3) is 2.33. The average Bonchev–Trinajstić information content (AvgIpc) is 2.58. The summed E-state index contributed by atoms with van der Waals surface area (Å²) in [6.07, 6.45) is 1.68. The van der Waals surface area contributed by atoms with Crippen molar-refractivity contribution in [2.24, 2.45) is 7.05 Å². The fourth-order valence-corrected chi connectivity index (χ4v) is 4.99. The van der Waals surface area contributed by atoms with Gasteiger partial charge in [0, 0.05) is 23.8 Å². The van der Waals surface area contributed by atoms with Gasteiger partial charge in [-0.1, -0.05) is 6.92 Å². The van der Waals surface area contributed by atoms with Crippen LogP contribution in [0.2, 0.25) is 0 Å². The standard InChI is InChI=1S/C10H13BrN2OS2/c1-6-10(16-4-3-15-6)9(14)8-7(11)5-12-13(8)2/h5-6,10H,3-4H2,1-2H3. The molecule has 16 heavy (non-hydrogen) atoms. The molecule has 1 aromatic heterocycles. The Kier molecular flexibility index (Phi) is 4.02. The smallest absolute Gasteiger partial charge is 0.196 e. The molecule has 2 heterocycles. The van der Waals surface area contributed by atoms with Gasteiger partial charge in [0.15, 0.2) is 5.78 Å². The molecule has 3 nitrogen and oxygen atoms in total. The van der Waals surface area contributed by atoms with Crippen molar-refractivity contribution in [2.45, 2.75) is 17.4 Å². The molecule has 88 valence electrons. The van der Waals surface area contributed by atoms with E-state index < -0.39 is 0 Å². The molecule has 1 aliphatic rings. The van der Waals surface area contributed by atoms with Crippen molar-refractivity contribution >= 4 is 45.2 Å². The second-order valence-electron chi connectivity index (χ2n) is 3.70. The summed E-state index contributed by atoms with van der Waals surface area (Å²) in [5.74, 6) is 2.39. The molecule has 6 heteroatoms. The number of ketones is 1. The highest BCUT2D eigenvalue weighted by Gasteiger charge is 2.32. The summed E-state index contributed by atoms with van der Waals surface area (Å²) in [7, 11) is 1.81. The van der Waals surface area contributed by atoms with Gasteiger partial charge in [0.1, 0.15) is 5.69 Å². The Morgan fingerprint density at radius 1 is 1.56 bits per heavy atom. The Balaban J connectivity index is 2.24. The molecule has 0 amide bonds. The van der Waals surface area contributed by atoms with Gasteiger partial charge in [0.25, 0.3) is 0 Å². The lowest BCUT2D eigenvalue weighted by atomic mass is 10.1. The number of aromatic nitrogens is 2. The first kappa shape index (κ1) is 12.5. The first-order chi connectivity index (χ1) is 7.61. The van der Waals surface area contributed by atoms with E-state index in [2.05, 4.69) is 28.0 Å². The Hall–Kier alpha value is 0.0600. The second-order valence-corrected chi connectivity index (χ2v) is 7.29. The topological polar surface area (TPSA) is 34.9 Å². The number of thioether (sulfide) groups is 2. The first-order valence-electron chi connectivity index (χ1n) is 5.06. The number of carbonyl (C=O) groups excluding carboxylic acids is 1. The summed E-state index contributed by atoms with van der Waals surface area (Å²) in [6.45, 7) is 2.13. The summed E-state index contributed by atoms with van der Waals surface area (Å²) in [6, 6.07) is 0. The van der Waals surface area contributed by atoms with Crippen molar-refractivity contribution in [1.29, 1.82) is 0 Å². The van der Waals surface area contributed by atoms with Gasteiger partial charge in [-0.25, -0.2) is 0 Å². The van der Waals surface area contributed by atoms with Gasteiger partial charge in [0.2, 0.25) is 0 Å². The molecule has 2 atom stereocenters. The van der Waals surface area contributed by atoms with Gasteiger partial charge in [-0.05, 0) is 15.9 Å². The van der Waals surface area contributed by atoms with Crippen LogP contribution in [0.4, 0.5) is 0 Å². The number of aryl methyl sites for hydroxylation is 1. The number of nitrogens with zero attached hydrogens (tertiary/aromatic N) is 2. The molecule has 2 rings (SSSR count). The molecule has 0 N–H and O–H groups in total. The largest absolute Gasteiger partial charge is 0.291 e. The highest BCUT2D eigenvalue weighted by Crippen LogP contribution is 2.34. The predicted molar refractivity (Wildman–Crippen MR) is 73.4 cm³/mol. The van der Waals surface area contributed by atoms with Crippen molar-refractivity contribution in [1.82, 2.24) is 9.78 Å². The molecule has 0 radical (unpaired) electrons. The molecule has 1 aliphatic heterocycles. The van der Waals surface area contributed by atoms with Crippen LogP contribution < -0.4 is 0 Å². The molecule has 1 saturated heterocycles. The molecular formula is C10H13BrN2OS2. The summed E-state index contributed by atoms with van der Waals surface area (Å²) in [4.78, 5) is 12.4. The fourth-order valence-electron chi connectivity index (χ4n) is 1.74. The lowest BCUT2D eigenvalue weighted by Gasteiger charge is -2.26. The van der Waals surface area contributed by atoms with E-state index in [4.69, 9.17) is 0 Å². The second kappa shape index (κ2) is 5.14. The van der Waals surface area contributed by atoms with Crippen molar-refractivity contribution in [3.05, 3.63) is 16.4 Å². The van der Waals surface area contributed by atoms with Crippen LogP contribution in [0.1, 0.15) is 17.4 Å². The molecule has 0 aromatic carbocycles. The van der Waals surface area contributed by atoms with Gasteiger partial charge in [-0.15, -0.1) is 11.8 Å². The van der Waals surface area contributed by atoms with Crippen molar-refractivity contribution in [3.8, 4) is 0 Å². The zero-order valence-electron chi connectivity index (χ0n) is 9.14. The summed E-state index contributed by atoms with van der Waals surface area (Å²) < 4.78 is 2.45. The molecule has 1 aromatic rings. The predicted octanol–water partition coefficient (Wildman–Crippen LogP) is 2.60. The third-order valence-corrected chi connectivity index (χ3v) is 6.24. The minimum absolute atomic E-state index is 0.0606. The maximum Gasteiger partial charge on any atom is 0.196 e. The number of halogens is 1. The maximum absolute atomic E-state index is 12.4. The van der Waals surface area contributed by atoms with E-state index in [1.807, 2.05) is 18.8 Å². The Labute approximate surface area is 112 Å². The zero-order valence-corrected chi connectivity index (χ0v) is 12.4. The normalized spacial score (nSPS) is 25.7. The lowest BCUT2D eigenvalue weighted by Crippen LogP contribution is -2.32. The van der Waals surface area contributed by atoms with Crippen LogP contribution in [0, 0.1) is 0 Å². The number of hydrogen-bond acceptors (Lipinski definition) is 4. The lowest BCUT2D eigenvalue weighted by molar-refractivity contribution is 0.0980. The van der Waals surface area contributed by atoms with Crippen LogP contribution in [0.15, 0.2) is 10.7 Å². The van der Waals surface area contributed by atoms with E-state index >= 15 is 0 Å². The fraction of sp³-hybridized carbons (Fsp3) is 0.600. The number of Topliss-reactive ketones (excluding diaryl/α,β-unsaturated/α-hetero) is 1. The van der Waals surface area contributed by atoms with E-state index in [0.29, 0.717) is 10.9 Å². The van der Waals surface area contributed by atoms with Crippen LogP contribution in [0.25, 0.3) is 0 Å². The molecular weight excluding hydrogens is 308 g/mol. The first-order valence-corrected chi connectivity index (χ1v) is 7.95. The summed E-state index contributed by atoms with van der Waals surface area (Å²) in [5, 5.41) is 4.53. The van der Waals surface area contributed by atoms with E-state index in [1.54, 1.807) is 22.6 Å². The van der Waals surface area contributed by atoms with Crippen LogP contribution >= 0.6 is 39.5 Å².